The van der Waals surface area contributed by atoms with Crippen LogP contribution in [0.15, 0.2) is 32.7 Å². The fourth-order valence-corrected chi connectivity index (χ4v) is 4.95. The molecule has 2 atom stereocenters. The highest BCUT2D eigenvalue weighted by Gasteiger charge is 2.39. The van der Waals surface area contributed by atoms with Crippen LogP contribution < -0.4 is 11.2 Å². The van der Waals surface area contributed by atoms with E-state index in [2.05, 4.69) is 4.98 Å². The Morgan fingerprint density at radius 1 is 1.28 bits per heavy atom. The Morgan fingerprint density at radius 3 is 2.68 bits per heavy atom. The van der Waals surface area contributed by atoms with E-state index >= 15 is 0 Å². The maximum atomic E-state index is 12.9. The Bertz CT molecular complexity index is 1050. The number of aliphatic carboxylic acids is 1. The summed E-state index contributed by atoms with van der Waals surface area (Å²) in [6, 6.07) is 3.14. The lowest BCUT2D eigenvalue weighted by atomic mass is 9.92. The van der Waals surface area contributed by atoms with Gasteiger partial charge in [0.15, 0.2) is 0 Å². The lowest BCUT2D eigenvalue weighted by molar-refractivity contribution is -0.144. The zero-order valence-corrected chi connectivity index (χ0v) is 14.2. The maximum Gasteiger partial charge on any atom is 0.326 e. The van der Waals surface area contributed by atoms with E-state index in [4.69, 9.17) is 0 Å². The van der Waals surface area contributed by atoms with Gasteiger partial charge in [0.1, 0.15) is 0 Å². The second-order valence-electron chi connectivity index (χ2n) is 6.06. The van der Waals surface area contributed by atoms with Gasteiger partial charge in [-0.2, -0.15) is 4.31 Å². The van der Waals surface area contributed by atoms with E-state index in [-0.39, 0.29) is 22.3 Å². The molecule has 0 spiro atoms. The highest BCUT2D eigenvalue weighted by Crippen LogP contribution is 2.29. The summed E-state index contributed by atoms with van der Waals surface area (Å²) in [5.74, 6) is -1.80. The zero-order valence-electron chi connectivity index (χ0n) is 13.4. The van der Waals surface area contributed by atoms with Crippen molar-refractivity contribution in [3.63, 3.8) is 0 Å². The number of piperidine rings is 1. The van der Waals surface area contributed by atoms with Crippen LogP contribution in [0, 0.1) is 5.92 Å². The van der Waals surface area contributed by atoms with Crippen molar-refractivity contribution in [2.75, 3.05) is 6.54 Å². The van der Waals surface area contributed by atoms with Gasteiger partial charge >= 0.3 is 11.7 Å². The lowest BCUT2D eigenvalue weighted by Gasteiger charge is -2.36. The zero-order chi connectivity index (χ0) is 18.4. The van der Waals surface area contributed by atoms with Gasteiger partial charge in [0.05, 0.1) is 21.7 Å². The minimum absolute atomic E-state index is 0.0418. The van der Waals surface area contributed by atoms with E-state index in [9.17, 15) is 27.9 Å². The summed E-state index contributed by atoms with van der Waals surface area (Å²) in [5, 5.41) is 9.31. The molecule has 0 bridgehead atoms. The normalized spacial score (nSPS) is 22.1. The third-order valence-corrected chi connectivity index (χ3v) is 6.55. The van der Waals surface area contributed by atoms with Crippen molar-refractivity contribution in [1.29, 1.82) is 0 Å². The number of nitrogens with one attached hydrogen (secondary N) is 2. The van der Waals surface area contributed by atoms with Crippen LogP contribution in [-0.4, -0.2) is 46.4 Å². The molecule has 1 aliphatic rings. The summed E-state index contributed by atoms with van der Waals surface area (Å²) in [5.41, 5.74) is -1.14. The molecule has 3 rings (SSSR count). The number of carboxylic acid groups (broad SMARTS) is 1. The van der Waals surface area contributed by atoms with E-state index in [0.717, 1.165) is 4.31 Å². The van der Waals surface area contributed by atoms with Crippen molar-refractivity contribution >= 4 is 26.9 Å². The summed E-state index contributed by atoms with van der Waals surface area (Å²) < 4.78 is 27.0. The van der Waals surface area contributed by atoms with Crippen molar-refractivity contribution in [2.45, 2.75) is 30.7 Å². The highest BCUT2D eigenvalue weighted by atomic mass is 32.2. The minimum atomic E-state index is -3.97. The molecule has 0 saturated carbocycles. The quantitative estimate of drug-likeness (QED) is 0.702. The van der Waals surface area contributed by atoms with E-state index < -0.39 is 39.2 Å². The van der Waals surface area contributed by atoms with E-state index in [1.54, 1.807) is 6.92 Å². The average Bonchev–Trinajstić information content (AvgIpc) is 2.54. The second kappa shape index (κ2) is 6.12. The molecule has 0 unspecified atom stereocenters. The number of fused-ring (bicyclic) bond motifs is 1. The van der Waals surface area contributed by atoms with Crippen LogP contribution in [0.2, 0.25) is 0 Å². The van der Waals surface area contributed by atoms with Crippen LogP contribution in [0.5, 0.6) is 0 Å². The predicted octanol–water partition coefficient (Wildman–Crippen LogP) is 0.0902. The number of hydrogen-bond acceptors (Lipinski definition) is 5. The van der Waals surface area contributed by atoms with Crippen molar-refractivity contribution in [3.05, 3.63) is 39.0 Å². The molecule has 25 heavy (non-hydrogen) atoms. The van der Waals surface area contributed by atoms with Gasteiger partial charge in [0, 0.05) is 12.6 Å². The van der Waals surface area contributed by atoms with E-state index in [0.29, 0.717) is 12.8 Å². The molecule has 1 aromatic heterocycles. The number of nitrogens with zero attached hydrogens (tertiary/aromatic N) is 1. The van der Waals surface area contributed by atoms with Crippen LogP contribution in [-0.2, 0) is 14.8 Å². The van der Waals surface area contributed by atoms with Gasteiger partial charge in [-0.1, -0.05) is 0 Å². The Morgan fingerprint density at radius 2 is 2.00 bits per heavy atom. The fourth-order valence-electron chi connectivity index (χ4n) is 3.22. The summed E-state index contributed by atoms with van der Waals surface area (Å²) in [4.78, 5) is 38.9. The van der Waals surface area contributed by atoms with Crippen LogP contribution >= 0.6 is 0 Å². The number of carbonyl (C=O) groups is 1. The second-order valence-corrected chi connectivity index (χ2v) is 7.95. The van der Waals surface area contributed by atoms with Gasteiger partial charge < -0.3 is 10.1 Å². The summed E-state index contributed by atoms with van der Waals surface area (Å²) in [7, 11) is -3.97. The predicted molar refractivity (Wildman–Crippen MR) is 88.9 cm³/mol. The third kappa shape index (κ3) is 2.98. The summed E-state index contributed by atoms with van der Waals surface area (Å²) in [6.45, 7) is 1.79. The molecule has 0 aliphatic carbocycles. The van der Waals surface area contributed by atoms with Crippen LogP contribution in [0.25, 0.3) is 10.9 Å². The summed E-state index contributed by atoms with van der Waals surface area (Å²) in [6.07, 6.45) is 0.864. The Hall–Kier alpha value is -2.46. The first kappa shape index (κ1) is 17.4. The average molecular weight is 367 g/mol. The number of rotatable bonds is 3. The van der Waals surface area contributed by atoms with Crippen molar-refractivity contribution in [2.24, 2.45) is 5.92 Å². The topological polar surface area (TPSA) is 140 Å². The molecule has 1 aliphatic heterocycles. The van der Waals surface area contributed by atoms with Gasteiger partial charge in [0.2, 0.25) is 10.0 Å². The van der Waals surface area contributed by atoms with Gasteiger partial charge in [-0.15, -0.1) is 0 Å². The number of aromatic nitrogens is 2. The molecule has 10 heteroatoms. The molecule has 0 amide bonds. The highest BCUT2D eigenvalue weighted by molar-refractivity contribution is 7.89. The molecule has 1 fully saturated rings. The molecule has 1 aromatic carbocycles. The van der Waals surface area contributed by atoms with E-state index in [1.807, 2.05) is 4.98 Å². The number of hydrogen-bond donors (Lipinski definition) is 3. The molecule has 1 saturated heterocycles. The first-order chi connectivity index (χ1) is 11.7. The fraction of sp³-hybridized carbons (Fsp3) is 0.400. The Labute approximate surface area is 142 Å². The largest absolute Gasteiger partial charge is 0.481 e. The smallest absolute Gasteiger partial charge is 0.326 e. The first-order valence-corrected chi connectivity index (χ1v) is 9.17. The SMILES string of the molecule is C[C@@H]1[C@H](C(=O)O)CCCN1S(=O)(=O)c1ccc2[nH]c(=O)[nH]c(=O)c2c1. The number of benzene rings is 1. The van der Waals surface area contributed by atoms with Crippen molar-refractivity contribution in [3.8, 4) is 0 Å². The lowest BCUT2D eigenvalue weighted by Crippen LogP contribution is -2.49. The molecule has 9 nitrogen and oxygen atoms in total. The number of aromatic amines is 2. The van der Waals surface area contributed by atoms with Crippen molar-refractivity contribution in [1.82, 2.24) is 14.3 Å². The molecule has 2 aromatic rings. The Kier molecular flexibility index (Phi) is 4.25. The molecule has 134 valence electrons. The van der Waals surface area contributed by atoms with Gasteiger partial charge in [-0.3, -0.25) is 14.6 Å². The molecule has 0 radical (unpaired) electrons. The molecule has 2 heterocycles. The molecular formula is C15H17N3O6S. The molecule has 3 N–H and O–H groups in total. The minimum Gasteiger partial charge on any atom is -0.481 e. The summed E-state index contributed by atoms with van der Waals surface area (Å²) >= 11 is 0. The van der Waals surface area contributed by atoms with Gasteiger partial charge in [-0.25, -0.2) is 13.2 Å². The van der Waals surface area contributed by atoms with Crippen LogP contribution in [0.4, 0.5) is 0 Å². The van der Waals surface area contributed by atoms with Crippen LogP contribution in [0.3, 0.4) is 0 Å². The monoisotopic (exact) mass is 367 g/mol. The van der Waals surface area contributed by atoms with Gasteiger partial charge in [-0.05, 0) is 38.0 Å². The van der Waals surface area contributed by atoms with Gasteiger partial charge in [0.25, 0.3) is 5.56 Å². The number of H-pyrrole nitrogens is 2. The van der Waals surface area contributed by atoms with E-state index in [1.165, 1.54) is 18.2 Å². The van der Waals surface area contributed by atoms with Crippen molar-refractivity contribution < 1.29 is 18.3 Å². The van der Waals surface area contributed by atoms with Crippen LogP contribution in [0.1, 0.15) is 19.8 Å². The number of sulfonamides is 1. The standard InChI is InChI=1S/C15H17N3O6S/c1-8-10(14(20)21)3-2-6-18(8)25(23,24)9-4-5-12-11(7-9)13(19)17-15(22)16-12/h4-5,7-8,10H,2-3,6H2,1H3,(H,20,21)(H2,16,17,19,22)/t8-,10-/m1/s1. The first-order valence-electron chi connectivity index (χ1n) is 7.73. The molecular weight excluding hydrogens is 350 g/mol. The Balaban J connectivity index is 2.08. The maximum absolute atomic E-state index is 12.9. The number of carboxylic acids is 1. The third-order valence-electron chi connectivity index (χ3n) is 4.56.